The molecule has 0 aliphatic heterocycles. The fourth-order valence-electron chi connectivity index (χ4n) is 1.26. The molecule has 0 fully saturated rings. The van der Waals surface area contributed by atoms with Crippen molar-refractivity contribution in [2.75, 3.05) is 0 Å². The fraction of sp³-hybridized carbons (Fsp3) is 0.833. The molecule has 0 N–H and O–H groups in total. The van der Waals surface area contributed by atoms with Gasteiger partial charge in [-0.3, -0.25) is 4.79 Å². The summed E-state index contributed by atoms with van der Waals surface area (Å²) >= 11 is 0. The number of ether oxygens (including phenoxy) is 2. The lowest BCUT2D eigenvalue weighted by molar-refractivity contribution is -0.167. The Morgan fingerprint density at radius 3 is 1.75 bits per heavy atom. The van der Waals surface area contributed by atoms with Crippen molar-refractivity contribution < 1.29 is 19.1 Å². The van der Waals surface area contributed by atoms with Crippen LogP contribution in [0.3, 0.4) is 0 Å². The first-order valence-corrected chi connectivity index (χ1v) is 5.65. The lowest BCUT2D eigenvalue weighted by Crippen LogP contribution is -2.33. The van der Waals surface area contributed by atoms with Crippen molar-refractivity contribution in [2.24, 2.45) is 5.92 Å². The van der Waals surface area contributed by atoms with Crippen LogP contribution in [0.25, 0.3) is 0 Å². The standard InChI is InChI=1S/C12H22O4/c1-7(2)11(13)9(5)16-12(14)10(6)15-8(3)4/h7-10H,1-6H3/t9-,10-/m1/s1. The molecule has 0 aromatic rings. The van der Waals surface area contributed by atoms with Gasteiger partial charge in [-0.05, 0) is 27.7 Å². The van der Waals surface area contributed by atoms with E-state index in [1.54, 1.807) is 27.7 Å². The monoisotopic (exact) mass is 230 g/mol. The highest BCUT2D eigenvalue weighted by atomic mass is 16.6. The predicted octanol–water partition coefficient (Wildman–Crippen LogP) is 1.96. The summed E-state index contributed by atoms with van der Waals surface area (Å²) in [7, 11) is 0. The Balaban J connectivity index is 4.18. The molecular formula is C12H22O4. The average Bonchev–Trinajstić information content (AvgIpc) is 2.14. The lowest BCUT2D eigenvalue weighted by Gasteiger charge is -2.19. The zero-order valence-corrected chi connectivity index (χ0v) is 10.9. The molecule has 0 bridgehead atoms. The first-order valence-electron chi connectivity index (χ1n) is 5.65. The second kappa shape index (κ2) is 6.63. The van der Waals surface area contributed by atoms with Gasteiger partial charge in [0.15, 0.2) is 18.0 Å². The van der Waals surface area contributed by atoms with Crippen molar-refractivity contribution >= 4 is 11.8 Å². The summed E-state index contributed by atoms with van der Waals surface area (Å²) in [4.78, 5) is 23.0. The van der Waals surface area contributed by atoms with Gasteiger partial charge in [0.2, 0.25) is 0 Å². The van der Waals surface area contributed by atoms with Crippen LogP contribution in [0.5, 0.6) is 0 Å². The van der Waals surface area contributed by atoms with E-state index >= 15 is 0 Å². The Morgan fingerprint density at radius 2 is 1.38 bits per heavy atom. The molecule has 0 aromatic heterocycles. The highest BCUT2D eigenvalue weighted by Crippen LogP contribution is 2.07. The van der Waals surface area contributed by atoms with Crippen LogP contribution in [0.15, 0.2) is 0 Å². The van der Waals surface area contributed by atoms with Gasteiger partial charge in [0.05, 0.1) is 6.10 Å². The average molecular weight is 230 g/mol. The van der Waals surface area contributed by atoms with E-state index in [0.717, 1.165) is 0 Å². The first kappa shape index (κ1) is 15.1. The van der Waals surface area contributed by atoms with E-state index in [0.29, 0.717) is 0 Å². The number of rotatable bonds is 6. The maximum atomic E-state index is 11.5. The molecule has 94 valence electrons. The summed E-state index contributed by atoms with van der Waals surface area (Å²) in [6.45, 7) is 10.4. The molecule has 0 saturated carbocycles. The van der Waals surface area contributed by atoms with E-state index in [-0.39, 0.29) is 17.8 Å². The molecule has 0 unspecified atom stereocenters. The van der Waals surface area contributed by atoms with Gasteiger partial charge in [0, 0.05) is 5.92 Å². The van der Waals surface area contributed by atoms with Crippen LogP contribution < -0.4 is 0 Å². The van der Waals surface area contributed by atoms with Crippen LogP contribution in [0, 0.1) is 5.92 Å². The van der Waals surface area contributed by atoms with Gasteiger partial charge >= 0.3 is 5.97 Å². The molecule has 16 heavy (non-hydrogen) atoms. The maximum absolute atomic E-state index is 11.5. The number of Topliss-reactive ketones (excluding diaryl/α,β-unsaturated/α-hetero) is 1. The third-order valence-electron chi connectivity index (χ3n) is 2.07. The molecule has 4 nitrogen and oxygen atoms in total. The van der Waals surface area contributed by atoms with Gasteiger partial charge in [0.25, 0.3) is 0 Å². The van der Waals surface area contributed by atoms with Crippen LogP contribution in [0.2, 0.25) is 0 Å². The summed E-state index contributed by atoms with van der Waals surface area (Å²) in [6, 6.07) is 0. The minimum Gasteiger partial charge on any atom is -0.453 e. The number of esters is 1. The minimum atomic E-state index is -0.703. The lowest BCUT2D eigenvalue weighted by atomic mass is 10.1. The molecule has 0 amide bonds. The van der Waals surface area contributed by atoms with Crippen molar-refractivity contribution in [1.29, 1.82) is 0 Å². The Morgan fingerprint density at radius 1 is 0.875 bits per heavy atom. The molecule has 0 aliphatic rings. The van der Waals surface area contributed by atoms with E-state index in [1.807, 2.05) is 13.8 Å². The molecule has 0 rings (SSSR count). The van der Waals surface area contributed by atoms with Crippen molar-refractivity contribution in [2.45, 2.75) is 59.9 Å². The molecule has 0 aromatic carbocycles. The quantitative estimate of drug-likeness (QED) is 0.654. The summed E-state index contributed by atoms with van der Waals surface area (Å²) in [5.74, 6) is -0.704. The maximum Gasteiger partial charge on any atom is 0.335 e. The summed E-state index contributed by atoms with van der Waals surface area (Å²) < 4.78 is 10.3. The third-order valence-corrected chi connectivity index (χ3v) is 2.07. The van der Waals surface area contributed by atoms with Gasteiger partial charge in [0.1, 0.15) is 0 Å². The summed E-state index contributed by atoms with van der Waals surface area (Å²) in [5.41, 5.74) is 0. The topological polar surface area (TPSA) is 52.6 Å². The van der Waals surface area contributed by atoms with Crippen LogP contribution in [-0.4, -0.2) is 30.1 Å². The third kappa shape index (κ3) is 5.26. The number of ketones is 1. The molecule has 0 aliphatic carbocycles. The van der Waals surface area contributed by atoms with Crippen LogP contribution in [0.1, 0.15) is 41.5 Å². The van der Waals surface area contributed by atoms with Crippen molar-refractivity contribution in [3.63, 3.8) is 0 Å². The molecule has 0 radical (unpaired) electrons. The molecular weight excluding hydrogens is 208 g/mol. The minimum absolute atomic E-state index is 0.0429. The number of carbonyl (C=O) groups excluding carboxylic acids is 2. The molecule has 0 saturated heterocycles. The van der Waals surface area contributed by atoms with E-state index < -0.39 is 18.2 Å². The Labute approximate surface area is 97.3 Å². The van der Waals surface area contributed by atoms with E-state index in [9.17, 15) is 9.59 Å². The van der Waals surface area contributed by atoms with E-state index in [1.165, 1.54) is 0 Å². The predicted molar refractivity (Wildman–Crippen MR) is 61.1 cm³/mol. The molecule has 2 atom stereocenters. The van der Waals surface area contributed by atoms with Crippen LogP contribution >= 0.6 is 0 Å². The molecule has 0 spiro atoms. The second-order valence-corrected chi connectivity index (χ2v) is 4.46. The fourth-order valence-corrected chi connectivity index (χ4v) is 1.26. The van der Waals surface area contributed by atoms with E-state index in [2.05, 4.69) is 0 Å². The van der Waals surface area contributed by atoms with E-state index in [4.69, 9.17) is 9.47 Å². The zero-order valence-electron chi connectivity index (χ0n) is 10.9. The van der Waals surface area contributed by atoms with Crippen molar-refractivity contribution in [3.05, 3.63) is 0 Å². The molecule has 0 heterocycles. The number of hydrogen-bond acceptors (Lipinski definition) is 4. The largest absolute Gasteiger partial charge is 0.453 e. The second-order valence-electron chi connectivity index (χ2n) is 4.46. The Kier molecular flexibility index (Phi) is 6.26. The highest BCUT2D eigenvalue weighted by molar-refractivity contribution is 5.87. The number of carbonyl (C=O) groups is 2. The van der Waals surface area contributed by atoms with Crippen molar-refractivity contribution in [1.82, 2.24) is 0 Å². The Bertz CT molecular complexity index is 245. The van der Waals surface area contributed by atoms with Gasteiger partial charge in [-0.2, -0.15) is 0 Å². The van der Waals surface area contributed by atoms with Crippen LogP contribution in [-0.2, 0) is 19.1 Å². The Hall–Kier alpha value is -0.900. The van der Waals surface area contributed by atoms with Gasteiger partial charge in [-0.1, -0.05) is 13.8 Å². The number of hydrogen-bond donors (Lipinski definition) is 0. The SMILES string of the molecule is CC(C)O[C@H](C)C(=O)O[C@H](C)C(=O)C(C)C. The molecule has 4 heteroatoms. The first-order chi connectivity index (χ1) is 7.25. The smallest absolute Gasteiger partial charge is 0.335 e. The van der Waals surface area contributed by atoms with Gasteiger partial charge < -0.3 is 9.47 Å². The van der Waals surface area contributed by atoms with Crippen molar-refractivity contribution in [3.8, 4) is 0 Å². The van der Waals surface area contributed by atoms with Crippen LogP contribution in [0.4, 0.5) is 0 Å². The summed E-state index contributed by atoms with van der Waals surface area (Å²) in [6.07, 6.45) is -1.38. The van der Waals surface area contributed by atoms with Gasteiger partial charge in [-0.15, -0.1) is 0 Å². The normalized spacial score (nSPS) is 15.0. The summed E-state index contributed by atoms with van der Waals surface area (Å²) in [5, 5.41) is 0. The van der Waals surface area contributed by atoms with Gasteiger partial charge in [-0.25, -0.2) is 4.79 Å². The highest BCUT2D eigenvalue weighted by Gasteiger charge is 2.24. The zero-order chi connectivity index (χ0) is 12.9.